The summed E-state index contributed by atoms with van der Waals surface area (Å²) in [5, 5.41) is 8.57. The third-order valence-electron chi connectivity index (χ3n) is 5.40. The van der Waals surface area contributed by atoms with Crippen LogP contribution in [-0.4, -0.2) is 16.9 Å². The fraction of sp³-hybridized carbons (Fsp3) is 0.107. The minimum atomic E-state index is -0.325. The molecule has 3 amide bonds. The van der Waals surface area contributed by atoms with Crippen LogP contribution in [0.3, 0.4) is 0 Å². The SMILES string of the molecule is O=C(CC(c1ccccc1)c1ccccc1)Nc1cccc(NC(=O)NCc2ccncc2)c1. The Labute approximate surface area is 199 Å². The Bertz CT molecular complexity index is 1180. The number of rotatable bonds is 8. The lowest BCUT2D eigenvalue weighted by atomic mass is 9.88. The summed E-state index contributed by atoms with van der Waals surface area (Å²) in [7, 11) is 0. The first kappa shape index (κ1) is 22.7. The second-order valence-corrected chi connectivity index (χ2v) is 7.87. The van der Waals surface area contributed by atoms with Crippen LogP contribution in [0.25, 0.3) is 0 Å². The molecule has 0 bridgehead atoms. The molecule has 3 N–H and O–H groups in total. The molecule has 3 aromatic carbocycles. The molecule has 0 unspecified atom stereocenters. The molecule has 1 aromatic heterocycles. The Hall–Kier alpha value is -4.45. The molecule has 34 heavy (non-hydrogen) atoms. The van der Waals surface area contributed by atoms with Gasteiger partial charge in [-0.25, -0.2) is 4.79 Å². The van der Waals surface area contributed by atoms with Crippen molar-refractivity contribution in [3.05, 3.63) is 126 Å². The summed E-state index contributed by atoms with van der Waals surface area (Å²) in [6, 6.07) is 30.5. The number of amides is 3. The van der Waals surface area contributed by atoms with Crippen LogP contribution in [0.4, 0.5) is 16.2 Å². The largest absolute Gasteiger partial charge is 0.334 e. The highest BCUT2D eigenvalue weighted by Crippen LogP contribution is 2.28. The van der Waals surface area contributed by atoms with E-state index in [1.165, 1.54) is 0 Å². The van der Waals surface area contributed by atoms with Gasteiger partial charge >= 0.3 is 6.03 Å². The number of benzene rings is 3. The van der Waals surface area contributed by atoms with Crippen molar-refractivity contribution in [2.24, 2.45) is 0 Å². The molecule has 0 aliphatic heterocycles. The standard InChI is InChI=1S/C28H26N4O2/c33-27(19-26(22-8-3-1-4-9-22)23-10-5-2-6-11-23)31-24-12-7-13-25(18-24)32-28(34)30-20-21-14-16-29-17-15-21/h1-18,26H,19-20H2,(H,31,33)(H2,30,32,34). The van der Waals surface area contributed by atoms with Crippen LogP contribution in [0.15, 0.2) is 109 Å². The molecule has 0 atom stereocenters. The average Bonchev–Trinajstić information content (AvgIpc) is 2.88. The van der Waals surface area contributed by atoms with Gasteiger partial charge in [-0.05, 0) is 47.0 Å². The molecule has 0 aliphatic rings. The molecule has 0 radical (unpaired) electrons. The van der Waals surface area contributed by atoms with E-state index < -0.39 is 0 Å². The Morgan fingerprint density at radius 3 is 1.91 bits per heavy atom. The average molecular weight is 451 g/mol. The van der Waals surface area contributed by atoms with Crippen LogP contribution >= 0.6 is 0 Å². The molecular formula is C28H26N4O2. The van der Waals surface area contributed by atoms with Crippen LogP contribution < -0.4 is 16.0 Å². The van der Waals surface area contributed by atoms with Gasteiger partial charge in [-0.3, -0.25) is 9.78 Å². The molecule has 4 aromatic rings. The van der Waals surface area contributed by atoms with Crippen LogP contribution in [0.1, 0.15) is 29.0 Å². The van der Waals surface area contributed by atoms with E-state index in [4.69, 9.17) is 0 Å². The van der Waals surface area contributed by atoms with Crippen molar-refractivity contribution in [2.45, 2.75) is 18.9 Å². The Kier molecular flexibility index (Phi) is 7.64. The van der Waals surface area contributed by atoms with Gasteiger partial charge in [0.1, 0.15) is 0 Å². The van der Waals surface area contributed by atoms with E-state index in [9.17, 15) is 9.59 Å². The van der Waals surface area contributed by atoms with Gasteiger partial charge in [-0.1, -0.05) is 66.7 Å². The van der Waals surface area contributed by atoms with Crippen molar-refractivity contribution in [2.75, 3.05) is 10.6 Å². The zero-order valence-electron chi connectivity index (χ0n) is 18.6. The first-order valence-electron chi connectivity index (χ1n) is 11.1. The third kappa shape index (κ3) is 6.53. The summed E-state index contributed by atoms with van der Waals surface area (Å²) in [4.78, 5) is 29.2. The molecule has 1 heterocycles. The second-order valence-electron chi connectivity index (χ2n) is 7.87. The number of hydrogen-bond donors (Lipinski definition) is 3. The number of urea groups is 1. The number of nitrogens with zero attached hydrogens (tertiary/aromatic N) is 1. The maximum Gasteiger partial charge on any atom is 0.319 e. The minimum absolute atomic E-state index is 0.0531. The first-order valence-corrected chi connectivity index (χ1v) is 11.1. The predicted octanol–water partition coefficient (Wildman–Crippen LogP) is 5.56. The number of aromatic nitrogens is 1. The summed E-state index contributed by atoms with van der Waals surface area (Å²) in [6.45, 7) is 0.394. The van der Waals surface area contributed by atoms with Gasteiger partial charge in [0, 0.05) is 42.7 Å². The van der Waals surface area contributed by atoms with Crippen molar-refractivity contribution < 1.29 is 9.59 Å². The van der Waals surface area contributed by atoms with E-state index in [1.54, 1.807) is 36.7 Å². The lowest BCUT2D eigenvalue weighted by molar-refractivity contribution is -0.116. The maximum absolute atomic E-state index is 12.9. The van der Waals surface area contributed by atoms with E-state index in [2.05, 4.69) is 20.9 Å². The van der Waals surface area contributed by atoms with Crippen LogP contribution in [0, 0.1) is 0 Å². The number of nitrogens with one attached hydrogen (secondary N) is 3. The van der Waals surface area contributed by atoms with Gasteiger partial charge in [-0.2, -0.15) is 0 Å². The normalized spacial score (nSPS) is 10.5. The van der Waals surface area contributed by atoms with Crippen molar-refractivity contribution in [1.29, 1.82) is 0 Å². The number of pyridine rings is 1. The maximum atomic E-state index is 12.9. The van der Waals surface area contributed by atoms with Crippen molar-refractivity contribution in [3.63, 3.8) is 0 Å². The van der Waals surface area contributed by atoms with Gasteiger partial charge in [0.2, 0.25) is 5.91 Å². The fourth-order valence-corrected chi connectivity index (χ4v) is 3.73. The number of anilines is 2. The summed E-state index contributed by atoms with van der Waals surface area (Å²) in [6.07, 6.45) is 3.67. The molecule has 0 spiro atoms. The monoisotopic (exact) mass is 450 g/mol. The summed E-state index contributed by atoms with van der Waals surface area (Å²) in [5.41, 5.74) is 4.34. The van der Waals surface area contributed by atoms with Crippen LogP contribution in [0.5, 0.6) is 0 Å². The molecule has 170 valence electrons. The Morgan fingerprint density at radius 2 is 1.29 bits per heavy atom. The van der Waals surface area contributed by atoms with Gasteiger partial charge in [-0.15, -0.1) is 0 Å². The zero-order chi connectivity index (χ0) is 23.6. The molecule has 0 fully saturated rings. The Balaban J connectivity index is 1.38. The van der Waals surface area contributed by atoms with E-state index in [1.807, 2.05) is 72.8 Å². The van der Waals surface area contributed by atoms with Crippen molar-refractivity contribution in [3.8, 4) is 0 Å². The number of carbonyl (C=O) groups is 2. The highest BCUT2D eigenvalue weighted by atomic mass is 16.2. The summed E-state index contributed by atoms with van der Waals surface area (Å²) in [5.74, 6) is -0.153. The van der Waals surface area contributed by atoms with Gasteiger partial charge in [0.15, 0.2) is 0 Å². The quantitative estimate of drug-likeness (QED) is 0.328. The molecule has 6 heteroatoms. The van der Waals surface area contributed by atoms with Crippen LogP contribution in [-0.2, 0) is 11.3 Å². The zero-order valence-corrected chi connectivity index (χ0v) is 18.6. The summed E-state index contributed by atoms with van der Waals surface area (Å²) >= 11 is 0. The number of hydrogen-bond acceptors (Lipinski definition) is 3. The molecular weight excluding hydrogens is 424 g/mol. The predicted molar refractivity (Wildman–Crippen MR) is 135 cm³/mol. The molecule has 6 nitrogen and oxygen atoms in total. The molecule has 0 saturated carbocycles. The first-order chi connectivity index (χ1) is 16.7. The molecule has 0 aliphatic carbocycles. The minimum Gasteiger partial charge on any atom is -0.334 e. The van der Waals surface area contributed by atoms with Crippen molar-refractivity contribution in [1.82, 2.24) is 10.3 Å². The fourth-order valence-electron chi connectivity index (χ4n) is 3.73. The van der Waals surface area contributed by atoms with E-state index in [-0.39, 0.29) is 17.9 Å². The second kappa shape index (κ2) is 11.4. The van der Waals surface area contributed by atoms with Gasteiger partial charge in [0.25, 0.3) is 0 Å². The van der Waals surface area contributed by atoms with Crippen LogP contribution in [0.2, 0.25) is 0 Å². The highest BCUT2D eigenvalue weighted by Gasteiger charge is 2.18. The lowest BCUT2D eigenvalue weighted by Crippen LogP contribution is -2.28. The summed E-state index contributed by atoms with van der Waals surface area (Å²) < 4.78 is 0. The molecule has 4 rings (SSSR count). The highest BCUT2D eigenvalue weighted by molar-refractivity contribution is 5.94. The van der Waals surface area contributed by atoms with E-state index in [0.29, 0.717) is 24.3 Å². The van der Waals surface area contributed by atoms with E-state index in [0.717, 1.165) is 16.7 Å². The number of carbonyl (C=O) groups excluding carboxylic acids is 2. The smallest absolute Gasteiger partial charge is 0.319 e. The van der Waals surface area contributed by atoms with Gasteiger partial charge in [0.05, 0.1) is 0 Å². The van der Waals surface area contributed by atoms with Gasteiger partial charge < -0.3 is 16.0 Å². The lowest BCUT2D eigenvalue weighted by Gasteiger charge is -2.18. The van der Waals surface area contributed by atoms with E-state index >= 15 is 0 Å². The topological polar surface area (TPSA) is 83.1 Å². The third-order valence-corrected chi connectivity index (χ3v) is 5.40. The Morgan fingerprint density at radius 1 is 0.706 bits per heavy atom. The van der Waals surface area contributed by atoms with Crippen molar-refractivity contribution >= 4 is 23.3 Å². The molecule has 0 saturated heterocycles.